The lowest BCUT2D eigenvalue weighted by Gasteiger charge is -2.25. The molecule has 1 saturated heterocycles. The van der Waals surface area contributed by atoms with Gasteiger partial charge in [0.25, 0.3) is 0 Å². The minimum Gasteiger partial charge on any atom is -0.493 e. The van der Waals surface area contributed by atoms with Crippen molar-refractivity contribution in [3.63, 3.8) is 0 Å². The Balaban J connectivity index is 1.99. The molecule has 2 heterocycles. The number of benzene rings is 1. The SMILES string of the molecule is Brc1cc2c(c(C3CCCCN3)c1)OCC2. The Labute approximate surface area is 105 Å². The van der Waals surface area contributed by atoms with Gasteiger partial charge in [-0.1, -0.05) is 22.4 Å². The first-order valence-electron chi connectivity index (χ1n) is 6.03. The van der Waals surface area contributed by atoms with Crippen LogP contribution in [-0.4, -0.2) is 13.2 Å². The average molecular weight is 282 g/mol. The Hall–Kier alpha value is -0.540. The van der Waals surface area contributed by atoms with Crippen molar-refractivity contribution >= 4 is 15.9 Å². The Morgan fingerprint density at radius 3 is 3.06 bits per heavy atom. The topological polar surface area (TPSA) is 21.3 Å². The summed E-state index contributed by atoms with van der Waals surface area (Å²) >= 11 is 3.60. The van der Waals surface area contributed by atoms with Crippen LogP contribution in [0, 0.1) is 0 Å². The van der Waals surface area contributed by atoms with Gasteiger partial charge in [0, 0.05) is 22.5 Å². The second kappa shape index (κ2) is 4.38. The second-order valence-electron chi connectivity index (χ2n) is 4.58. The van der Waals surface area contributed by atoms with Gasteiger partial charge in [0.15, 0.2) is 0 Å². The van der Waals surface area contributed by atoms with E-state index in [1.54, 1.807) is 0 Å². The van der Waals surface area contributed by atoms with E-state index in [1.165, 1.54) is 34.9 Å². The molecule has 2 aliphatic rings. The summed E-state index contributed by atoms with van der Waals surface area (Å²) in [6, 6.07) is 4.89. The lowest BCUT2D eigenvalue weighted by Crippen LogP contribution is -2.27. The van der Waals surface area contributed by atoms with Crippen LogP contribution in [0.5, 0.6) is 5.75 Å². The van der Waals surface area contributed by atoms with E-state index in [1.807, 2.05) is 0 Å². The van der Waals surface area contributed by atoms with Crippen LogP contribution in [0.25, 0.3) is 0 Å². The Bertz CT molecular complexity index is 399. The van der Waals surface area contributed by atoms with Gasteiger partial charge in [-0.25, -0.2) is 0 Å². The molecule has 1 fully saturated rings. The number of nitrogens with one attached hydrogen (secondary N) is 1. The molecule has 0 radical (unpaired) electrons. The van der Waals surface area contributed by atoms with Crippen molar-refractivity contribution in [3.8, 4) is 5.75 Å². The van der Waals surface area contributed by atoms with Crippen molar-refractivity contribution in [3.05, 3.63) is 27.7 Å². The number of halogens is 1. The van der Waals surface area contributed by atoms with Crippen molar-refractivity contribution in [2.45, 2.75) is 31.7 Å². The third-order valence-corrected chi connectivity index (χ3v) is 3.92. The summed E-state index contributed by atoms with van der Waals surface area (Å²) in [5, 5.41) is 3.59. The van der Waals surface area contributed by atoms with Crippen LogP contribution in [0.3, 0.4) is 0 Å². The molecule has 2 nitrogen and oxygen atoms in total. The molecule has 1 aromatic carbocycles. The number of ether oxygens (including phenoxy) is 1. The first kappa shape index (κ1) is 10.6. The third-order valence-electron chi connectivity index (χ3n) is 3.46. The maximum Gasteiger partial charge on any atom is 0.127 e. The highest BCUT2D eigenvalue weighted by Crippen LogP contribution is 2.38. The van der Waals surface area contributed by atoms with Gasteiger partial charge in [-0.2, -0.15) is 0 Å². The summed E-state index contributed by atoms with van der Waals surface area (Å²) in [6.45, 7) is 1.97. The fraction of sp³-hybridized carbons (Fsp3) is 0.538. The average Bonchev–Trinajstić information content (AvgIpc) is 2.77. The zero-order valence-corrected chi connectivity index (χ0v) is 10.8. The largest absolute Gasteiger partial charge is 0.493 e. The molecule has 0 bridgehead atoms. The number of hydrogen-bond donors (Lipinski definition) is 1. The molecule has 0 spiro atoms. The highest BCUT2D eigenvalue weighted by molar-refractivity contribution is 9.10. The van der Waals surface area contributed by atoms with Gasteiger partial charge < -0.3 is 10.1 Å². The van der Waals surface area contributed by atoms with Crippen molar-refractivity contribution in [1.82, 2.24) is 5.32 Å². The molecule has 86 valence electrons. The molecule has 0 saturated carbocycles. The van der Waals surface area contributed by atoms with E-state index >= 15 is 0 Å². The predicted molar refractivity (Wildman–Crippen MR) is 67.9 cm³/mol. The third kappa shape index (κ3) is 1.87. The molecule has 1 N–H and O–H groups in total. The molecule has 0 aliphatic carbocycles. The second-order valence-corrected chi connectivity index (χ2v) is 5.50. The van der Waals surface area contributed by atoms with Crippen molar-refractivity contribution < 1.29 is 4.74 Å². The van der Waals surface area contributed by atoms with Crippen LogP contribution in [0.15, 0.2) is 16.6 Å². The molecular weight excluding hydrogens is 266 g/mol. The van der Waals surface area contributed by atoms with Gasteiger partial charge in [-0.3, -0.25) is 0 Å². The van der Waals surface area contributed by atoms with Gasteiger partial charge in [0.2, 0.25) is 0 Å². The normalized spacial score (nSPS) is 23.9. The zero-order chi connectivity index (χ0) is 11.0. The molecule has 3 rings (SSSR count). The summed E-state index contributed by atoms with van der Waals surface area (Å²) in [7, 11) is 0. The number of rotatable bonds is 1. The number of hydrogen-bond acceptors (Lipinski definition) is 2. The Morgan fingerprint density at radius 2 is 2.25 bits per heavy atom. The highest BCUT2D eigenvalue weighted by atomic mass is 79.9. The van der Waals surface area contributed by atoms with E-state index in [0.29, 0.717) is 6.04 Å². The minimum atomic E-state index is 0.484. The lowest BCUT2D eigenvalue weighted by molar-refractivity contribution is 0.339. The Morgan fingerprint density at radius 1 is 1.31 bits per heavy atom. The quantitative estimate of drug-likeness (QED) is 0.854. The summed E-state index contributed by atoms with van der Waals surface area (Å²) < 4.78 is 6.96. The van der Waals surface area contributed by atoms with E-state index in [-0.39, 0.29) is 0 Å². The molecule has 0 amide bonds. The van der Waals surface area contributed by atoms with Gasteiger partial charge >= 0.3 is 0 Å². The standard InChI is InChI=1S/C13H16BrNO/c14-10-7-9-4-6-16-13(9)11(8-10)12-3-1-2-5-15-12/h7-8,12,15H,1-6H2. The lowest BCUT2D eigenvalue weighted by atomic mass is 9.95. The fourth-order valence-electron chi connectivity index (χ4n) is 2.67. The van der Waals surface area contributed by atoms with E-state index < -0.39 is 0 Å². The van der Waals surface area contributed by atoms with Crippen molar-refractivity contribution in [2.75, 3.05) is 13.2 Å². The molecule has 2 aliphatic heterocycles. The van der Waals surface area contributed by atoms with E-state index in [9.17, 15) is 0 Å². The summed E-state index contributed by atoms with van der Waals surface area (Å²) in [5.74, 6) is 1.14. The van der Waals surface area contributed by atoms with Crippen LogP contribution < -0.4 is 10.1 Å². The maximum atomic E-state index is 5.78. The van der Waals surface area contributed by atoms with Crippen molar-refractivity contribution in [2.24, 2.45) is 0 Å². The first-order chi connectivity index (χ1) is 7.84. The monoisotopic (exact) mass is 281 g/mol. The zero-order valence-electron chi connectivity index (χ0n) is 9.26. The summed E-state index contributed by atoms with van der Waals surface area (Å²) in [6.07, 6.45) is 4.90. The smallest absolute Gasteiger partial charge is 0.127 e. The van der Waals surface area contributed by atoms with E-state index in [0.717, 1.165) is 25.3 Å². The van der Waals surface area contributed by atoms with Crippen LogP contribution >= 0.6 is 15.9 Å². The predicted octanol–water partition coefficient (Wildman–Crippen LogP) is 3.20. The molecule has 0 aromatic heterocycles. The van der Waals surface area contributed by atoms with Crippen molar-refractivity contribution in [1.29, 1.82) is 0 Å². The molecular formula is C13H16BrNO. The highest BCUT2D eigenvalue weighted by Gasteiger charge is 2.24. The number of piperidine rings is 1. The first-order valence-corrected chi connectivity index (χ1v) is 6.82. The van der Waals surface area contributed by atoms with Gasteiger partial charge in [0.1, 0.15) is 5.75 Å². The minimum absolute atomic E-state index is 0.484. The molecule has 1 aromatic rings. The fourth-order valence-corrected chi connectivity index (χ4v) is 3.20. The van der Waals surface area contributed by atoms with Gasteiger partial charge in [-0.15, -0.1) is 0 Å². The van der Waals surface area contributed by atoms with Crippen LogP contribution in [0.4, 0.5) is 0 Å². The summed E-state index contributed by atoms with van der Waals surface area (Å²) in [4.78, 5) is 0. The number of fused-ring (bicyclic) bond motifs is 1. The molecule has 1 unspecified atom stereocenters. The van der Waals surface area contributed by atoms with E-state index in [2.05, 4.69) is 33.4 Å². The van der Waals surface area contributed by atoms with E-state index in [4.69, 9.17) is 4.74 Å². The summed E-state index contributed by atoms with van der Waals surface area (Å²) in [5.41, 5.74) is 2.71. The van der Waals surface area contributed by atoms with Gasteiger partial charge in [-0.05, 0) is 37.1 Å². The Kier molecular flexibility index (Phi) is 2.90. The molecule has 16 heavy (non-hydrogen) atoms. The maximum absolute atomic E-state index is 5.78. The van der Waals surface area contributed by atoms with Gasteiger partial charge in [0.05, 0.1) is 6.61 Å². The van der Waals surface area contributed by atoms with Crippen LogP contribution in [0.2, 0.25) is 0 Å². The van der Waals surface area contributed by atoms with Crippen LogP contribution in [0.1, 0.15) is 36.4 Å². The molecule has 3 heteroatoms. The van der Waals surface area contributed by atoms with Crippen LogP contribution in [-0.2, 0) is 6.42 Å². The molecule has 1 atom stereocenters.